The third-order valence-electron chi connectivity index (χ3n) is 4.13. The molecule has 2 aromatic carbocycles. The van der Waals surface area contributed by atoms with E-state index in [4.69, 9.17) is 9.97 Å². The molecule has 0 atom stereocenters. The van der Waals surface area contributed by atoms with Crippen LogP contribution in [0.1, 0.15) is 0 Å². The van der Waals surface area contributed by atoms with Gasteiger partial charge in [-0.1, -0.05) is 24.3 Å². The SMILES string of the molecule is CN(c1cccc(-c2[c-]cccc2)n1)c1cccc(-c2[c-]cccc2)n1.[Pt+2]. The van der Waals surface area contributed by atoms with Crippen LogP contribution in [0.5, 0.6) is 0 Å². The average molecular weight is 530 g/mol. The second-order valence-electron chi connectivity index (χ2n) is 5.87. The zero-order valence-corrected chi connectivity index (χ0v) is 17.0. The van der Waals surface area contributed by atoms with E-state index in [0.29, 0.717) is 0 Å². The van der Waals surface area contributed by atoms with Crippen molar-refractivity contribution in [3.63, 3.8) is 0 Å². The molecule has 0 bridgehead atoms. The van der Waals surface area contributed by atoms with Crippen molar-refractivity contribution in [1.29, 1.82) is 0 Å². The van der Waals surface area contributed by atoms with Gasteiger partial charge in [-0.15, -0.1) is 71.8 Å². The fourth-order valence-electron chi connectivity index (χ4n) is 2.74. The van der Waals surface area contributed by atoms with E-state index in [0.717, 1.165) is 34.2 Å². The molecule has 0 spiro atoms. The van der Waals surface area contributed by atoms with E-state index in [1.807, 2.05) is 96.9 Å². The van der Waals surface area contributed by atoms with Gasteiger partial charge in [0.15, 0.2) is 0 Å². The van der Waals surface area contributed by atoms with Gasteiger partial charge < -0.3 is 4.90 Å². The van der Waals surface area contributed by atoms with Gasteiger partial charge in [-0.3, -0.25) is 9.97 Å². The summed E-state index contributed by atoms with van der Waals surface area (Å²) in [4.78, 5) is 11.5. The molecule has 0 fully saturated rings. The van der Waals surface area contributed by atoms with Crippen LogP contribution in [-0.2, 0) is 21.1 Å². The van der Waals surface area contributed by atoms with Gasteiger partial charge in [-0.05, 0) is 23.5 Å². The van der Waals surface area contributed by atoms with Crippen LogP contribution in [-0.4, -0.2) is 17.0 Å². The fourth-order valence-corrected chi connectivity index (χ4v) is 2.74. The van der Waals surface area contributed by atoms with Crippen LogP contribution in [0.4, 0.5) is 11.6 Å². The first-order valence-corrected chi connectivity index (χ1v) is 8.43. The Labute approximate surface area is 174 Å². The standard InChI is InChI=1S/C23H17N3.Pt/c1-26(22-16-8-14-20(24-22)18-10-4-2-5-11-18)23-17-9-15-21(25-23)19-12-6-3-7-13-19;/h2-10,12,14-17H,1H3;/q-2;+2. The molecule has 134 valence electrons. The number of rotatable bonds is 4. The van der Waals surface area contributed by atoms with Crippen molar-refractivity contribution in [3.05, 3.63) is 97.1 Å². The molecule has 0 saturated heterocycles. The average Bonchev–Trinajstić information content (AvgIpc) is 2.75. The summed E-state index contributed by atoms with van der Waals surface area (Å²) in [6, 6.07) is 34.1. The third-order valence-corrected chi connectivity index (χ3v) is 4.13. The van der Waals surface area contributed by atoms with Crippen molar-refractivity contribution < 1.29 is 21.1 Å². The molecule has 0 unspecified atom stereocenters. The number of benzene rings is 2. The molecular weight excluding hydrogens is 513 g/mol. The van der Waals surface area contributed by atoms with Crippen LogP contribution in [0.25, 0.3) is 22.5 Å². The number of aromatic nitrogens is 2. The maximum atomic E-state index is 4.77. The number of hydrogen-bond donors (Lipinski definition) is 0. The number of nitrogens with zero attached hydrogens (tertiary/aromatic N) is 3. The van der Waals surface area contributed by atoms with Crippen molar-refractivity contribution in [1.82, 2.24) is 9.97 Å². The summed E-state index contributed by atoms with van der Waals surface area (Å²) in [6.45, 7) is 0. The smallest absolute Gasteiger partial charge is 0.315 e. The molecule has 27 heavy (non-hydrogen) atoms. The summed E-state index contributed by atoms with van der Waals surface area (Å²) >= 11 is 0. The first kappa shape index (κ1) is 19.0. The summed E-state index contributed by atoms with van der Waals surface area (Å²) < 4.78 is 0. The predicted molar refractivity (Wildman–Crippen MR) is 105 cm³/mol. The Bertz CT molecular complexity index is 921. The Morgan fingerprint density at radius 3 is 1.52 bits per heavy atom. The maximum Gasteiger partial charge on any atom is 2.00 e. The molecule has 0 N–H and O–H groups in total. The van der Waals surface area contributed by atoms with Crippen LogP contribution in [0, 0.1) is 12.1 Å². The van der Waals surface area contributed by atoms with Crippen molar-refractivity contribution in [2.24, 2.45) is 0 Å². The predicted octanol–water partition coefficient (Wildman–Crippen LogP) is 5.18. The quantitative estimate of drug-likeness (QED) is 0.341. The van der Waals surface area contributed by atoms with Gasteiger partial charge in [0.05, 0.1) is 0 Å². The molecule has 0 aliphatic heterocycles. The first-order chi connectivity index (χ1) is 12.8. The fraction of sp³-hybridized carbons (Fsp3) is 0.0435. The number of anilines is 2. The van der Waals surface area contributed by atoms with Crippen molar-refractivity contribution >= 4 is 11.6 Å². The van der Waals surface area contributed by atoms with E-state index in [-0.39, 0.29) is 21.1 Å². The van der Waals surface area contributed by atoms with Crippen molar-refractivity contribution in [2.75, 3.05) is 11.9 Å². The Kier molecular flexibility index (Phi) is 6.15. The van der Waals surface area contributed by atoms with E-state index in [1.165, 1.54) is 0 Å². The molecule has 0 saturated carbocycles. The zero-order chi connectivity index (χ0) is 17.8. The molecule has 0 aliphatic rings. The summed E-state index contributed by atoms with van der Waals surface area (Å²) in [5, 5.41) is 0. The van der Waals surface area contributed by atoms with E-state index >= 15 is 0 Å². The molecule has 0 amide bonds. The van der Waals surface area contributed by atoms with Crippen molar-refractivity contribution in [3.8, 4) is 22.5 Å². The molecule has 4 heteroatoms. The minimum atomic E-state index is 0. The molecule has 4 rings (SSSR count). The summed E-state index contributed by atoms with van der Waals surface area (Å²) in [7, 11) is 1.97. The summed E-state index contributed by atoms with van der Waals surface area (Å²) in [6.07, 6.45) is 0. The molecule has 2 heterocycles. The maximum absolute atomic E-state index is 4.77. The Balaban J connectivity index is 0.00000210. The van der Waals surface area contributed by atoms with Gasteiger partial charge in [0.25, 0.3) is 0 Å². The van der Waals surface area contributed by atoms with Gasteiger partial charge >= 0.3 is 21.1 Å². The summed E-state index contributed by atoms with van der Waals surface area (Å²) in [5.74, 6) is 1.67. The second-order valence-corrected chi connectivity index (χ2v) is 5.87. The summed E-state index contributed by atoms with van der Waals surface area (Å²) in [5.41, 5.74) is 3.73. The van der Waals surface area contributed by atoms with Crippen LogP contribution in [0.15, 0.2) is 84.9 Å². The van der Waals surface area contributed by atoms with Gasteiger partial charge in [-0.2, -0.15) is 0 Å². The van der Waals surface area contributed by atoms with Gasteiger partial charge in [0, 0.05) is 7.05 Å². The zero-order valence-electron chi connectivity index (χ0n) is 14.7. The minimum absolute atomic E-state index is 0. The van der Waals surface area contributed by atoms with Gasteiger partial charge in [0.1, 0.15) is 11.6 Å². The second kappa shape index (κ2) is 8.74. The van der Waals surface area contributed by atoms with E-state index in [1.54, 1.807) is 0 Å². The van der Waals surface area contributed by atoms with E-state index in [2.05, 4.69) is 12.1 Å². The Morgan fingerprint density at radius 2 is 1.11 bits per heavy atom. The van der Waals surface area contributed by atoms with Crippen LogP contribution in [0.3, 0.4) is 0 Å². The number of hydrogen-bond acceptors (Lipinski definition) is 3. The molecular formula is C23H17N3Pt. The van der Waals surface area contributed by atoms with Gasteiger partial charge in [0.2, 0.25) is 0 Å². The Hall–Kier alpha value is -2.77. The molecule has 4 aromatic rings. The first-order valence-electron chi connectivity index (χ1n) is 8.43. The third kappa shape index (κ3) is 4.32. The largest absolute Gasteiger partial charge is 2.00 e. The van der Waals surface area contributed by atoms with E-state index in [9.17, 15) is 0 Å². The minimum Gasteiger partial charge on any atom is -0.315 e. The molecule has 3 nitrogen and oxygen atoms in total. The van der Waals surface area contributed by atoms with Crippen LogP contribution >= 0.6 is 0 Å². The van der Waals surface area contributed by atoms with Crippen molar-refractivity contribution in [2.45, 2.75) is 0 Å². The van der Waals surface area contributed by atoms with Crippen LogP contribution < -0.4 is 4.90 Å². The topological polar surface area (TPSA) is 29.0 Å². The number of pyridine rings is 2. The molecule has 2 aromatic heterocycles. The molecule has 0 radical (unpaired) electrons. The van der Waals surface area contributed by atoms with E-state index < -0.39 is 0 Å². The van der Waals surface area contributed by atoms with Gasteiger partial charge in [-0.25, -0.2) is 0 Å². The normalized spacial score (nSPS) is 10.1. The Morgan fingerprint density at radius 1 is 0.630 bits per heavy atom. The molecule has 0 aliphatic carbocycles. The van der Waals surface area contributed by atoms with Crippen LogP contribution in [0.2, 0.25) is 0 Å². The monoisotopic (exact) mass is 530 g/mol.